The fraction of sp³-hybridized carbons (Fsp3) is 0.278. The molecule has 7 nitrogen and oxygen atoms in total. The fourth-order valence-corrected chi connectivity index (χ4v) is 2.35. The molecule has 0 aliphatic heterocycles. The number of anilines is 1. The summed E-state index contributed by atoms with van der Waals surface area (Å²) in [7, 11) is 0. The summed E-state index contributed by atoms with van der Waals surface area (Å²) < 4.78 is 15.5. The fourth-order valence-electron chi connectivity index (χ4n) is 1.94. The maximum Gasteiger partial charge on any atom is 0.344 e. The number of amides is 1. The van der Waals surface area contributed by atoms with Crippen molar-refractivity contribution in [3.05, 3.63) is 46.1 Å². The van der Waals surface area contributed by atoms with Gasteiger partial charge in [0.05, 0.1) is 22.3 Å². The van der Waals surface area contributed by atoms with Crippen LogP contribution in [0, 0.1) is 6.92 Å². The first-order valence-corrected chi connectivity index (χ1v) is 8.78. The van der Waals surface area contributed by atoms with E-state index in [0.29, 0.717) is 28.8 Å². The van der Waals surface area contributed by atoms with Crippen LogP contribution in [-0.2, 0) is 14.3 Å². The Hall–Kier alpha value is -2.51. The predicted octanol–water partition coefficient (Wildman–Crippen LogP) is 3.66. The van der Waals surface area contributed by atoms with E-state index < -0.39 is 18.5 Å². The van der Waals surface area contributed by atoms with Crippen LogP contribution in [0.1, 0.15) is 12.6 Å². The van der Waals surface area contributed by atoms with E-state index in [9.17, 15) is 9.59 Å². The molecule has 2 aromatic rings. The molecule has 144 valence electrons. The van der Waals surface area contributed by atoms with Gasteiger partial charge in [-0.25, -0.2) is 9.78 Å². The number of esters is 1. The van der Waals surface area contributed by atoms with E-state index in [1.807, 2.05) is 6.92 Å². The van der Waals surface area contributed by atoms with Crippen LogP contribution in [0.4, 0.5) is 5.82 Å². The smallest absolute Gasteiger partial charge is 0.344 e. The largest absolute Gasteiger partial charge is 0.494 e. The second kappa shape index (κ2) is 9.99. The molecule has 0 bridgehead atoms. The van der Waals surface area contributed by atoms with E-state index in [1.54, 1.807) is 31.2 Å². The van der Waals surface area contributed by atoms with Crippen LogP contribution >= 0.6 is 23.2 Å². The van der Waals surface area contributed by atoms with Gasteiger partial charge in [-0.05, 0) is 44.2 Å². The highest BCUT2D eigenvalue weighted by molar-refractivity contribution is 6.36. The van der Waals surface area contributed by atoms with E-state index in [4.69, 9.17) is 37.4 Å². The number of hydrogen-bond acceptors (Lipinski definition) is 6. The van der Waals surface area contributed by atoms with Crippen molar-refractivity contribution in [2.24, 2.45) is 0 Å². The minimum atomic E-state index is -0.689. The second-order valence-corrected chi connectivity index (χ2v) is 6.10. The zero-order chi connectivity index (χ0) is 19.8. The molecule has 0 saturated heterocycles. The van der Waals surface area contributed by atoms with Gasteiger partial charge < -0.3 is 19.5 Å². The Morgan fingerprint density at radius 2 is 1.67 bits per heavy atom. The molecule has 1 heterocycles. The number of carbonyl (C=O) groups excluding carboxylic acids is 2. The summed E-state index contributed by atoms with van der Waals surface area (Å²) in [5, 5.41) is 3.02. The normalized spacial score (nSPS) is 10.2. The van der Waals surface area contributed by atoms with E-state index >= 15 is 0 Å². The summed E-state index contributed by atoms with van der Waals surface area (Å²) in [4.78, 5) is 27.6. The highest BCUT2D eigenvalue weighted by Gasteiger charge is 2.12. The topological polar surface area (TPSA) is 86.8 Å². The number of aryl methyl sites for hydroxylation is 1. The van der Waals surface area contributed by atoms with Gasteiger partial charge >= 0.3 is 5.97 Å². The molecule has 1 aromatic carbocycles. The predicted molar refractivity (Wildman–Crippen MR) is 102 cm³/mol. The second-order valence-electron chi connectivity index (χ2n) is 5.29. The van der Waals surface area contributed by atoms with Crippen molar-refractivity contribution in [1.29, 1.82) is 0 Å². The zero-order valence-electron chi connectivity index (χ0n) is 14.8. The monoisotopic (exact) mass is 412 g/mol. The minimum absolute atomic E-state index is 0.144. The van der Waals surface area contributed by atoms with Crippen LogP contribution in [0.2, 0.25) is 10.0 Å². The van der Waals surface area contributed by atoms with Gasteiger partial charge in [0.1, 0.15) is 11.5 Å². The number of aromatic nitrogens is 1. The van der Waals surface area contributed by atoms with Gasteiger partial charge in [-0.2, -0.15) is 0 Å². The number of pyridine rings is 1. The van der Waals surface area contributed by atoms with Gasteiger partial charge in [-0.1, -0.05) is 23.2 Å². The van der Waals surface area contributed by atoms with Crippen LogP contribution in [0.25, 0.3) is 0 Å². The number of benzene rings is 1. The Bertz CT molecular complexity index is 812. The third-order valence-electron chi connectivity index (χ3n) is 3.22. The third kappa shape index (κ3) is 6.62. The molecular formula is C18H18Cl2N2O5. The van der Waals surface area contributed by atoms with Gasteiger partial charge in [0.15, 0.2) is 19.0 Å². The summed E-state index contributed by atoms with van der Waals surface area (Å²) in [6, 6.07) is 8.26. The summed E-state index contributed by atoms with van der Waals surface area (Å²) in [5.41, 5.74) is 0.511. The zero-order valence-corrected chi connectivity index (χ0v) is 16.3. The number of hydrogen-bond donors (Lipinski definition) is 1. The van der Waals surface area contributed by atoms with Crippen LogP contribution in [0.5, 0.6) is 11.5 Å². The molecule has 27 heavy (non-hydrogen) atoms. The molecule has 1 aromatic heterocycles. The van der Waals surface area contributed by atoms with Crippen molar-refractivity contribution in [2.75, 3.05) is 25.1 Å². The van der Waals surface area contributed by atoms with Crippen molar-refractivity contribution in [2.45, 2.75) is 13.8 Å². The highest BCUT2D eigenvalue weighted by atomic mass is 35.5. The van der Waals surface area contributed by atoms with Crippen molar-refractivity contribution in [3.8, 4) is 11.5 Å². The summed E-state index contributed by atoms with van der Waals surface area (Å²) in [6.07, 6.45) is 0. The Balaban J connectivity index is 1.76. The lowest BCUT2D eigenvalue weighted by Crippen LogP contribution is -2.24. The van der Waals surface area contributed by atoms with E-state index in [1.165, 1.54) is 6.07 Å². The molecule has 0 radical (unpaired) electrons. The molecule has 1 amide bonds. The average molecular weight is 413 g/mol. The molecule has 0 unspecified atom stereocenters. The number of nitrogens with one attached hydrogen (secondary N) is 1. The molecule has 0 spiro atoms. The van der Waals surface area contributed by atoms with Gasteiger partial charge in [-0.3, -0.25) is 4.79 Å². The molecule has 1 N–H and O–H groups in total. The first kappa shape index (κ1) is 20.8. The van der Waals surface area contributed by atoms with E-state index in [-0.39, 0.29) is 17.4 Å². The lowest BCUT2D eigenvalue weighted by Gasteiger charge is -2.10. The Labute approximate surface area is 166 Å². The summed E-state index contributed by atoms with van der Waals surface area (Å²) in [6.45, 7) is 3.29. The van der Waals surface area contributed by atoms with Gasteiger partial charge in [-0.15, -0.1) is 0 Å². The number of halogens is 2. The van der Waals surface area contributed by atoms with Crippen LogP contribution in [0.15, 0.2) is 30.3 Å². The molecule has 0 atom stereocenters. The first-order chi connectivity index (χ1) is 12.9. The Morgan fingerprint density at radius 1 is 1.04 bits per heavy atom. The highest BCUT2D eigenvalue weighted by Crippen LogP contribution is 2.25. The maximum absolute atomic E-state index is 11.9. The van der Waals surface area contributed by atoms with Crippen molar-refractivity contribution in [1.82, 2.24) is 4.98 Å². The maximum atomic E-state index is 11.9. The SMILES string of the molecule is CCOc1ccc(OCC(=O)OCC(=O)Nc2nc(C)c(Cl)cc2Cl)cc1. The Kier molecular flexibility index (Phi) is 7.69. The molecule has 9 heteroatoms. The molecule has 0 aliphatic carbocycles. The van der Waals surface area contributed by atoms with Crippen molar-refractivity contribution in [3.63, 3.8) is 0 Å². The van der Waals surface area contributed by atoms with Crippen LogP contribution in [0.3, 0.4) is 0 Å². The van der Waals surface area contributed by atoms with Gasteiger partial charge in [0, 0.05) is 0 Å². The lowest BCUT2D eigenvalue weighted by atomic mass is 10.3. The number of ether oxygens (including phenoxy) is 3. The van der Waals surface area contributed by atoms with Gasteiger partial charge in [0.25, 0.3) is 5.91 Å². The lowest BCUT2D eigenvalue weighted by molar-refractivity contribution is -0.149. The van der Waals surface area contributed by atoms with E-state index in [2.05, 4.69) is 10.3 Å². The molecule has 0 saturated carbocycles. The molecule has 0 aliphatic rings. The van der Waals surface area contributed by atoms with Crippen molar-refractivity contribution >= 4 is 40.9 Å². The summed E-state index contributed by atoms with van der Waals surface area (Å²) in [5.74, 6) is 0.0532. The Morgan fingerprint density at radius 3 is 2.30 bits per heavy atom. The molecule has 0 fully saturated rings. The standard InChI is InChI=1S/C18H18Cl2N2O5/c1-3-25-12-4-6-13(7-5-12)26-10-17(24)27-9-16(23)22-18-15(20)8-14(19)11(2)21-18/h4-8H,3,9-10H2,1-2H3,(H,21,22,23). The van der Waals surface area contributed by atoms with E-state index in [0.717, 1.165) is 0 Å². The number of nitrogens with zero attached hydrogens (tertiary/aromatic N) is 1. The molecular weight excluding hydrogens is 395 g/mol. The minimum Gasteiger partial charge on any atom is -0.494 e. The quantitative estimate of drug-likeness (QED) is 0.665. The average Bonchev–Trinajstić information content (AvgIpc) is 2.64. The number of carbonyl (C=O) groups is 2. The first-order valence-electron chi connectivity index (χ1n) is 8.02. The summed E-state index contributed by atoms with van der Waals surface area (Å²) >= 11 is 11.8. The van der Waals surface area contributed by atoms with Crippen molar-refractivity contribution < 1.29 is 23.8 Å². The molecule has 2 rings (SSSR count). The number of rotatable bonds is 8. The van der Waals surface area contributed by atoms with Crippen LogP contribution < -0.4 is 14.8 Å². The van der Waals surface area contributed by atoms with Crippen LogP contribution in [-0.4, -0.2) is 36.7 Å². The third-order valence-corrected chi connectivity index (χ3v) is 3.89. The van der Waals surface area contributed by atoms with Gasteiger partial charge in [0.2, 0.25) is 0 Å².